The Morgan fingerprint density at radius 3 is 2.95 bits per heavy atom. The summed E-state index contributed by atoms with van der Waals surface area (Å²) in [4.78, 5) is 2.74. The van der Waals surface area contributed by atoms with Gasteiger partial charge in [-0.15, -0.1) is 0 Å². The predicted molar refractivity (Wildman–Crippen MR) is 85.1 cm³/mol. The maximum Gasteiger partial charge on any atom is 0.0351 e. The Balaban J connectivity index is 1.80. The molecule has 110 valence electrons. The first-order valence-electron chi connectivity index (χ1n) is 8.09. The molecule has 2 unspecified atom stereocenters. The Morgan fingerprint density at radius 1 is 1.35 bits per heavy atom. The van der Waals surface area contributed by atoms with E-state index in [2.05, 4.69) is 49.2 Å². The van der Waals surface area contributed by atoms with Gasteiger partial charge in [-0.1, -0.05) is 30.7 Å². The Kier molecular flexibility index (Phi) is 3.87. The fraction of sp³-hybridized carbons (Fsp3) is 0.667. The van der Waals surface area contributed by atoms with Gasteiger partial charge in [0.05, 0.1) is 0 Å². The van der Waals surface area contributed by atoms with E-state index in [0.717, 1.165) is 0 Å². The highest BCUT2D eigenvalue weighted by atomic mass is 15.2. The Labute approximate surface area is 123 Å². The van der Waals surface area contributed by atoms with Crippen molar-refractivity contribution in [3.63, 3.8) is 0 Å². The summed E-state index contributed by atoms with van der Waals surface area (Å²) in [6.07, 6.45) is 4.00. The first-order valence-corrected chi connectivity index (χ1v) is 8.09. The van der Waals surface area contributed by atoms with Gasteiger partial charge in [0.15, 0.2) is 0 Å². The van der Waals surface area contributed by atoms with Gasteiger partial charge in [-0.05, 0) is 62.7 Å². The van der Waals surface area contributed by atoms with Crippen LogP contribution in [-0.4, -0.2) is 31.1 Å². The largest absolute Gasteiger partial charge is 0.316 e. The normalized spacial score (nSPS) is 31.1. The van der Waals surface area contributed by atoms with Gasteiger partial charge < -0.3 is 5.32 Å². The Morgan fingerprint density at radius 2 is 2.20 bits per heavy atom. The van der Waals surface area contributed by atoms with Gasteiger partial charge in [0, 0.05) is 19.1 Å². The summed E-state index contributed by atoms with van der Waals surface area (Å²) in [6, 6.07) is 7.58. The molecule has 2 saturated heterocycles. The van der Waals surface area contributed by atoms with E-state index in [1.54, 1.807) is 5.56 Å². The number of rotatable bonds is 3. The highest BCUT2D eigenvalue weighted by molar-refractivity contribution is 5.33. The van der Waals surface area contributed by atoms with Crippen LogP contribution in [0.4, 0.5) is 0 Å². The van der Waals surface area contributed by atoms with E-state index in [1.165, 1.54) is 56.6 Å². The third kappa shape index (κ3) is 2.77. The first kappa shape index (κ1) is 14.1. The van der Waals surface area contributed by atoms with Crippen molar-refractivity contribution in [1.82, 2.24) is 10.2 Å². The molecule has 2 aliphatic heterocycles. The molecule has 0 spiro atoms. The molecule has 1 aromatic carbocycles. The lowest BCUT2D eigenvalue weighted by molar-refractivity contribution is 0.165. The third-order valence-corrected chi connectivity index (χ3v) is 5.20. The summed E-state index contributed by atoms with van der Waals surface area (Å²) in [5.41, 5.74) is 4.89. The summed E-state index contributed by atoms with van der Waals surface area (Å²) in [5, 5.41) is 3.54. The van der Waals surface area contributed by atoms with Crippen molar-refractivity contribution in [2.24, 2.45) is 5.41 Å². The van der Waals surface area contributed by atoms with Gasteiger partial charge in [0.1, 0.15) is 0 Å². The lowest BCUT2D eigenvalue weighted by atomic mass is 9.88. The standard InChI is InChI=1S/C18H28N2/c1-14-6-7-15(2)16(11-14)17-5-4-10-20(17)13-18(3)8-9-19-12-18/h6-7,11,17,19H,4-5,8-10,12-13H2,1-3H3. The van der Waals surface area contributed by atoms with Crippen molar-refractivity contribution in [2.45, 2.75) is 46.1 Å². The summed E-state index contributed by atoms with van der Waals surface area (Å²) in [7, 11) is 0. The molecule has 20 heavy (non-hydrogen) atoms. The molecule has 0 radical (unpaired) electrons. The minimum Gasteiger partial charge on any atom is -0.316 e. The van der Waals surface area contributed by atoms with Crippen LogP contribution in [0.25, 0.3) is 0 Å². The van der Waals surface area contributed by atoms with Crippen LogP contribution in [0, 0.1) is 19.3 Å². The van der Waals surface area contributed by atoms with Gasteiger partial charge in [-0.3, -0.25) is 4.90 Å². The molecule has 2 heteroatoms. The highest BCUT2D eigenvalue weighted by Gasteiger charge is 2.35. The summed E-state index contributed by atoms with van der Waals surface area (Å²) in [6.45, 7) is 11.8. The van der Waals surface area contributed by atoms with Crippen molar-refractivity contribution in [2.75, 3.05) is 26.2 Å². The van der Waals surface area contributed by atoms with Crippen LogP contribution < -0.4 is 5.32 Å². The SMILES string of the molecule is Cc1ccc(C)c(C2CCCN2CC2(C)CCNC2)c1. The van der Waals surface area contributed by atoms with Gasteiger partial charge in [-0.25, -0.2) is 0 Å². The molecular formula is C18H28N2. The maximum atomic E-state index is 3.54. The number of hydrogen-bond acceptors (Lipinski definition) is 2. The first-order chi connectivity index (χ1) is 9.57. The molecule has 2 aliphatic rings. The summed E-state index contributed by atoms with van der Waals surface area (Å²) in [5.74, 6) is 0. The molecule has 3 rings (SSSR count). The zero-order chi connectivity index (χ0) is 14.2. The van der Waals surface area contributed by atoms with Crippen LogP contribution in [0.3, 0.4) is 0 Å². The van der Waals surface area contributed by atoms with Gasteiger partial charge in [0.25, 0.3) is 0 Å². The van der Waals surface area contributed by atoms with Crippen LogP contribution in [0.15, 0.2) is 18.2 Å². The number of hydrogen-bond donors (Lipinski definition) is 1. The molecule has 2 atom stereocenters. The Bertz CT molecular complexity index is 474. The molecule has 0 aliphatic carbocycles. The number of aryl methyl sites for hydroxylation is 2. The molecule has 2 nitrogen and oxygen atoms in total. The average Bonchev–Trinajstić information content (AvgIpc) is 3.02. The molecule has 0 aromatic heterocycles. The van der Waals surface area contributed by atoms with Crippen LogP contribution in [0.5, 0.6) is 0 Å². The van der Waals surface area contributed by atoms with Gasteiger partial charge in [0.2, 0.25) is 0 Å². The number of nitrogens with one attached hydrogen (secondary N) is 1. The molecule has 2 heterocycles. The molecule has 0 bridgehead atoms. The highest BCUT2D eigenvalue weighted by Crippen LogP contribution is 2.37. The number of benzene rings is 1. The minimum absolute atomic E-state index is 0.473. The predicted octanol–water partition coefficient (Wildman–Crippen LogP) is 3.44. The van der Waals surface area contributed by atoms with E-state index in [1.807, 2.05) is 0 Å². The van der Waals surface area contributed by atoms with Crippen molar-refractivity contribution >= 4 is 0 Å². The zero-order valence-corrected chi connectivity index (χ0v) is 13.2. The van der Waals surface area contributed by atoms with E-state index < -0.39 is 0 Å². The second kappa shape index (κ2) is 5.50. The van der Waals surface area contributed by atoms with E-state index >= 15 is 0 Å². The van der Waals surface area contributed by atoms with E-state index in [-0.39, 0.29) is 0 Å². The van der Waals surface area contributed by atoms with E-state index in [0.29, 0.717) is 11.5 Å². The van der Waals surface area contributed by atoms with Crippen LogP contribution in [0.1, 0.15) is 48.9 Å². The molecular weight excluding hydrogens is 244 g/mol. The van der Waals surface area contributed by atoms with Crippen molar-refractivity contribution in [3.8, 4) is 0 Å². The van der Waals surface area contributed by atoms with Gasteiger partial charge in [-0.2, -0.15) is 0 Å². The average molecular weight is 272 g/mol. The lowest BCUT2D eigenvalue weighted by Crippen LogP contribution is -2.37. The van der Waals surface area contributed by atoms with Crippen molar-refractivity contribution < 1.29 is 0 Å². The smallest absolute Gasteiger partial charge is 0.0351 e. The van der Waals surface area contributed by atoms with E-state index in [9.17, 15) is 0 Å². The molecule has 2 fully saturated rings. The van der Waals surface area contributed by atoms with E-state index in [4.69, 9.17) is 0 Å². The third-order valence-electron chi connectivity index (χ3n) is 5.20. The quantitative estimate of drug-likeness (QED) is 0.907. The summed E-state index contributed by atoms with van der Waals surface area (Å²) >= 11 is 0. The molecule has 0 amide bonds. The monoisotopic (exact) mass is 272 g/mol. The molecule has 1 N–H and O–H groups in total. The van der Waals surface area contributed by atoms with Gasteiger partial charge >= 0.3 is 0 Å². The number of nitrogens with zero attached hydrogens (tertiary/aromatic N) is 1. The van der Waals surface area contributed by atoms with Crippen LogP contribution in [0.2, 0.25) is 0 Å². The fourth-order valence-corrected chi connectivity index (χ4v) is 3.98. The fourth-order valence-electron chi connectivity index (χ4n) is 3.98. The molecule has 0 saturated carbocycles. The molecule has 1 aromatic rings. The zero-order valence-electron chi connectivity index (χ0n) is 13.2. The maximum absolute atomic E-state index is 3.54. The van der Waals surface area contributed by atoms with Crippen LogP contribution in [-0.2, 0) is 0 Å². The van der Waals surface area contributed by atoms with Crippen molar-refractivity contribution in [3.05, 3.63) is 34.9 Å². The number of likely N-dealkylation sites (tertiary alicyclic amines) is 1. The van der Waals surface area contributed by atoms with Crippen LogP contribution >= 0.6 is 0 Å². The second-order valence-corrected chi connectivity index (χ2v) is 7.23. The lowest BCUT2D eigenvalue weighted by Gasteiger charge is -2.34. The second-order valence-electron chi connectivity index (χ2n) is 7.23. The summed E-state index contributed by atoms with van der Waals surface area (Å²) < 4.78 is 0. The minimum atomic E-state index is 0.473. The topological polar surface area (TPSA) is 15.3 Å². The Hall–Kier alpha value is -0.860. The van der Waals surface area contributed by atoms with Crippen molar-refractivity contribution in [1.29, 1.82) is 0 Å².